The highest BCUT2D eigenvalue weighted by molar-refractivity contribution is 6.06. The Balaban J connectivity index is 1.52. The van der Waals surface area contributed by atoms with Crippen LogP contribution in [-0.4, -0.2) is 16.3 Å². The van der Waals surface area contributed by atoms with E-state index in [0.29, 0.717) is 17.7 Å². The number of aromatic nitrogens is 1. The van der Waals surface area contributed by atoms with E-state index in [0.717, 1.165) is 16.8 Å². The summed E-state index contributed by atoms with van der Waals surface area (Å²) in [6, 6.07) is 24.5. The summed E-state index contributed by atoms with van der Waals surface area (Å²) in [5.74, 6) is -1.15. The first kappa shape index (κ1) is 19.1. The van der Waals surface area contributed by atoms with Gasteiger partial charge in [0.05, 0.1) is 6.07 Å². The molecule has 5 rings (SSSR count). The molecule has 1 aromatic heterocycles. The minimum Gasteiger partial charge on any atom is -0.457 e. The van der Waals surface area contributed by atoms with E-state index in [1.54, 1.807) is 24.3 Å². The van der Waals surface area contributed by atoms with Crippen molar-refractivity contribution in [2.24, 2.45) is 5.41 Å². The van der Waals surface area contributed by atoms with E-state index in [4.69, 9.17) is 4.74 Å². The Bertz CT molecular complexity index is 1230. The Labute approximate surface area is 180 Å². The van der Waals surface area contributed by atoms with Crippen molar-refractivity contribution in [3.8, 4) is 6.07 Å². The summed E-state index contributed by atoms with van der Waals surface area (Å²) in [6.45, 7) is 0.647. The molecule has 0 saturated carbocycles. The van der Waals surface area contributed by atoms with Crippen LogP contribution in [0.1, 0.15) is 34.0 Å². The van der Waals surface area contributed by atoms with Crippen LogP contribution in [0.2, 0.25) is 0 Å². The van der Waals surface area contributed by atoms with E-state index in [-0.39, 0.29) is 18.8 Å². The predicted molar refractivity (Wildman–Crippen MR) is 114 cm³/mol. The minimum absolute atomic E-state index is 0.0655. The fourth-order valence-electron chi connectivity index (χ4n) is 4.83. The smallest absolute Gasteiger partial charge is 0.334 e. The molecule has 0 N–H and O–H groups in total. The van der Waals surface area contributed by atoms with Crippen molar-refractivity contribution in [2.75, 3.05) is 0 Å². The van der Waals surface area contributed by atoms with Crippen molar-refractivity contribution in [1.82, 2.24) is 4.57 Å². The molecule has 2 atom stereocenters. The lowest BCUT2D eigenvalue weighted by Gasteiger charge is -2.26. The van der Waals surface area contributed by atoms with Crippen molar-refractivity contribution >= 4 is 11.8 Å². The SMILES string of the molecule is N#CC1(C(=O)c2ccccc2)CC(C(=O)OCc2ccccc2)=C2Cn3cccc3C21. The van der Waals surface area contributed by atoms with Crippen LogP contribution in [-0.2, 0) is 22.7 Å². The van der Waals surface area contributed by atoms with Gasteiger partial charge in [-0.2, -0.15) is 5.26 Å². The standard InChI is InChI=1S/C26H20N2O3/c27-17-26(24(29)19-10-5-2-6-11-19)14-20(21-15-28-13-7-12-22(28)23(21)26)25(30)31-16-18-8-3-1-4-9-18/h1-13,23H,14-16H2. The Morgan fingerprint density at radius 3 is 2.45 bits per heavy atom. The van der Waals surface area contributed by atoms with Gasteiger partial charge in [-0.1, -0.05) is 60.7 Å². The predicted octanol–water partition coefficient (Wildman–Crippen LogP) is 4.42. The van der Waals surface area contributed by atoms with Gasteiger partial charge in [0.15, 0.2) is 5.78 Å². The van der Waals surface area contributed by atoms with Crippen LogP contribution in [0.25, 0.3) is 0 Å². The zero-order chi connectivity index (χ0) is 21.4. The maximum Gasteiger partial charge on any atom is 0.334 e. The molecule has 5 nitrogen and oxygen atoms in total. The number of ether oxygens (including phenoxy) is 1. The van der Waals surface area contributed by atoms with Gasteiger partial charge < -0.3 is 9.30 Å². The molecule has 1 aliphatic carbocycles. The fraction of sp³-hybridized carbons (Fsp3) is 0.192. The number of ketones is 1. The second-order valence-corrected chi connectivity index (χ2v) is 8.01. The summed E-state index contributed by atoms with van der Waals surface area (Å²) >= 11 is 0. The molecule has 0 radical (unpaired) electrons. The van der Waals surface area contributed by atoms with Gasteiger partial charge in [-0.3, -0.25) is 4.79 Å². The number of rotatable bonds is 5. The van der Waals surface area contributed by atoms with Crippen LogP contribution in [0.15, 0.2) is 90.1 Å². The fourth-order valence-corrected chi connectivity index (χ4v) is 4.83. The lowest BCUT2D eigenvalue weighted by Crippen LogP contribution is -2.33. The van der Waals surface area contributed by atoms with Gasteiger partial charge in [0.1, 0.15) is 12.0 Å². The van der Waals surface area contributed by atoms with E-state index in [1.807, 2.05) is 59.3 Å². The van der Waals surface area contributed by atoms with Crippen LogP contribution >= 0.6 is 0 Å². The molecule has 1 aliphatic heterocycles. The molecule has 152 valence electrons. The largest absolute Gasteiger partial charge is 0.457 e. The normalized spacial score (nSPS) is 21.3. The van der Waals surface area contributed by atoms with Gasteiger partial charge in [-0.05, 0) is 23.3 Å². The molecular formula is C26H20N2O3. The molecular weight excluding hydrogens is 388 g/mol. The Morgan fingerprint density at radius 1 is 1.03 bits per heavy atom. The molecule has 0 saturated heterocycles. The third-order valence-electron chi connectivity index (χ3n) is 6.29. The van der Waals surface area contributed by atoms with Gasteiger partial charge >= 0.3 is 5.97 Å². The van der Waals surface area contributed by atoms with Crippen LogP contribution in [0.4, 0.5) is 0 Å². The highest BCUT2D eigenvalue weighted by Gasteiger charge is 2.58. The molecule has 31 heavy (non-hydrogen) atoms. The van der Waals surface area contributed by atoms with E-state index < -0.39 is 17.3 Å². The molecule has 0 spiro atoms. The molecule has 5 heteroatoms. The molecule has 0 amide bonds. The zero-order valence-corrected chi connectivity index (χ0v) is 16.8. The maximum atomic E-state index is 13.6. The highest BCUT2D eigenvalue weighted by Crippen LogP contribution is 2.57. The number of hydrogen-bond donors (Lipinski definition) is 0. The molecule has 2 aromatic carbocycles. The van der Waals surface area contributed by atoms with Crippen molar-refractivity contribution in [3.05, 3.63) is 107 Å². The topological polar surface area (TPSA) is 72.1 Å². The first-order valence-electron chi connectivity index (χ1n) is 10.2. The second-order valence-electron chi connectivity index (χ2n) is 8.01. The Kier molecular flexibility index (Phi) is 4.56. The molecule has 3 aromatic rings. The van der Waals surface area contributed by atoms with Crippen molar-refractivity contribution in [3.63, 3.8) is 0 Å². The molecule has 0 bridgehead atoms. The summed E-state index contributed by atoms with van der Waals surface area (Å²) < 4.78 is 7.60. The minimum atomic E-state index is -1.36. The van der Waals surface area contributed by atoms with E-state index in [9.17, 15) is 14.9 Å². The number of fused-ring (bicyclic) bond motifs is 3. The van der Waals surface area contributed by atoms with Crippen molar-refractivity contribution in [2.45, 2.75) is 25.5 Å². The van der Waals surface area contributed by atoms with Gasteiger partial charge in [-0.25, -0.2) is 4.79 Å². The van der Waals surface area contributed by atoms with Crippen LogP contribution in [0.5, 0.6) is 0 Å². The quantitative estimate of drug-likeness (QED) is 0.463. The van der Waals surface area contributed by atoms with E-state index in [2.05, 4.69) is 6.07 Å². The first-order chi connectivity index (χ1) is 15.1. The summed E-state index contributed by atoms with van der Waals surface area (Å²) in [4.78, 5) is 26.7. The zero-order valence-electron chi connectivity index (χ0n) is 16.8. The number of nitriles is 1. The molecule has 2 heterocycles. The van der Waals surface area contributed by atoms with Crippen LogP contribution in [0, 0.1) is 16.7 Å². The number of carbonyl (C=O) groups is 2. The van der Waals surface area contributed by atoms with Crippen LogP contribution < -0.4 is 0 Å². The lowest BCUT2D eigenvalue weighted by molar-refractivity contribution is -0.140. The second kappa shape index (κ2) is 7.41. The van der Waals surface area contributed by atoms with E-state index >= 15 is 0 Å². The van der Waals surface area contributed by atoms with E-state index in [1.165, 1.54) is 0 Å². The van der Waals surface area contributed by atoms with Gasteiger partial charge in [0.2, 0.25) is 0 Å². The van der Waals surface area contributed by atoms with Gasteiger partial charge in [0.25, 0.3) is 0 Å². The average molecular weight is 408 g/mol. The van der Waals surface area contributed by atoms with Gasteiger partial charge in [-0.15, -0.1) is 0 Å². The number of Topliss-reactive ketones (excluding diaryl/α,β-unsaturated/α-hetero) is 1. The third kappa shape index (κ3) is 3.00. The highest BCUT2D eigenvalue weighted by atomic mass is 16.5. The summed E-state index contributed by atoms with van der Waals surface area (Å²) in [5.41, 5.74) is 2.18. The summed E-state index contributed by atoms with van der Waals surface area (Å²) in [5, 5.41) is 10.3. The monoisotopic (exact) mass is 408 g/mol. The van der Waals surface area contributed by atoms with Crippen LogP contribution in [0.3, 0.4) is 0 Å². The molecule has 2 aliphatic rings. The number of allylic oxidation sites excluding steroid dienone is 1. The number of esters is 1. The lowest BCUT2D eigenvalue weighted by atomic mass is 9.70. The average Bonchev–Trinajstić information content (AvgIpc) is 3.49. The maximum absolute atomic E-state index is 13.6. The molecule has 0 fully saturated rings. The Hall–Kier alpha value is -3.91. The molecule has 2 unspecified atom stereocenters. The number of nitrogens with zero attached hydrogens (tertiary/aromatic N) is 2. The van der Waals surface area contributed by atoms with Crippen molar-refractivity contribution in [1.29, 1.82) is 5.26 Å². The van der Waals surface area contributed by atoms with Gasteiger partial charge in [0, 0.05) is 41.9 Å². The summed E-state index contributed by atoms with van der Waals surface area (Å²) in [7, 11) is 0. The number of benzene rings is 2. The Morgan fingerprint density at radius 2 is 1.74 bits per heavy atom. The number of hydrogen-bond acceptors (Lipinski definition) is 4. The third-order valence-corrected chi connectivity index (χ3v) is 6.29. The van der Waals surface area contributed by atoms with Crippen molar-refractivity contribution < 1.29 is 14.3 Å². The first-order valence-corrected chi connectivity index (χ1v) is 10.2. The summed E-state index contributed by atoms with van der Waals surface area (Å²) in [6.07, 6.45) is 1.98. The number of carbonyl (C=O) groups excluding carboxylic acids is 2.